The minimum Gasteiger partial charge on any atom is -0.484 e. The predicted octanol–water partition coefficient (Wildman–Crippen LogP) is 1.71. The lowest BCUT2D eigenvalue weighted by atomic mass is 10.0. The first-order valence-corrected chi connectivity index (χ1v) is 9.19. The number of piperidine rings is 1. The second kappa shape index (κ2) is 12.0. The minimum absolute atomic E-state index is 0. The third kappa shape index (κ3) is 8.34. The Balaban J connectivity index is 0.00000364. The molecule has 1 amide bonds. The summed E-state index contributed by atoms with van der Waals surface area (Å²) in [7, 11) is 1.78. The number of hydrogen-bond donors (Lipinski definition) is 3. The fourth-order valence-corrected chi connectivity index (χ4v) is 3.03. The van der Waals surface area contributed by atoms with Crippen LogP contribution in [0.15, 0.2) is 29.3 Å². The number of nitrogens with zero attached hydrogens (tertiary/aromatic N) is 2. The van der Waals surface area contributed by atoms with E-state index in [9.17, 15) is 4.79 Å². The van der Waals surface area contributed by atoms with Gasteiger partial charge in [0.15, 0.2) is 12.6 Å². The number of halogens is 1. The molecule has 0 unspecified atom stereocenters. The first kappa shape index (κ1) is 23.5. The Labute approximate surface area is 179 Å². The Kier molecular flexibility index (Phi) is 10.5. The molecular formula is C19H32IN5O2. The van der Waals surface area contributed by atoms with Crippen molar-refractivity contribution in [2.45, 2.75) is 45.3 Å². The molecule has 152 valence electrons. The first-order valence-electron chi connectivity index (χ1n) is 9.19. The quantitative estimate of drug-likeness (QED) is 0.308. The van der Waals surface area contributed by atoms with Gasteiger partial charge in [0, 0.05) is 38.8 Å². The fraction of sp³-hybridized carbons (Fsp3) is 0.579. The van der Waals surface area contributed by atoms with Crippen molar-refractivity contribution in [3.05, 3.63) is 29.8 Å². The zero-order chi connectivity index (χ0) is 18.9. The van der Waals surface area contributed by atoms with Crippen molar-refractivity contribution in [2.24, 2.45) is 10.7 Å². The molecule has 0 bridgehead atoms. The van der Waals surface area contributed by atoms with Gasteiger partial charge >= 0.3 is 0 Å². The zero-order valence-electron chi connectivity index (χ0n) is 16.4. The largest absolute Gasteiger partial charge is 0.484 e. The number of nitrogens with one attached hydrogen (secondary N) is 2. The molecule has 1 heterocycles. The van der Waals surface area contributed by atoms with Gasteiger partial charge in [-0.05, 0) is 44.4 Å². The molecule has 0 aromatic heterocycles. The fourth-order valence-electron chi connectivity index (χ4n) is 3.03. The molecule has 0 saturated carbocycles. The SMILES string of the molecule is CN=C(NCc1cccc(OCC(N)=O)c1)NC1CCN(C(C)C)CC1.I. The van der Waals surface area contributed by atoms with Gasteiger partial charge in [0.25, 0.3) is 5.91 Å². The number of amides is 1. The molecule has 0 atom stereocenters. The summed E-state index contributed by atoms with van der Waals surface area (Å²) in [6.45, 7) is 7.23. The predicted molar refractivity (Wildman–Crippen MR) is 120 cm³/mol. The van der Waals surface area contributed by atoms with Crippen LogP contribution >= 0.6 is 24.0 Å². The van der Waals surface area contributed by atoms with Crippen molar-refractivity contribution in [3.63, 3.8) is 0 Å². The summed E-state index contributed by atoms with van der Waals surface area (Å²) in [5, 5.41) is 6.85. The standard InChI is InChI=1S/C19H31N5O2.HI/c1-14(2)24-9-7-16(8-10-24)23-19(21-3)22-12-15-5-4-6-17(11-15)26-13-18(20)25;/h4-6,11,14,16H,7-10,12-13H2,1-3H3,(H2,20,25)(H2,21,22,23);1H. The van der Waals surface area contributed by atoms with Crippen LogP contribution in [0.4, 0.5) is 0 Å². The van der Waals surface area contributed by atoms with Crippen LogP contribution in [0.3, 0.4) is 0 Å². The Morgan fingerprint density at radius 1 is 1.37 bits per heavy atom. The molecule has 1 saturated heterocycles. The summed E-state index contributed by atoms with van der Waals surface area (Å²) in [4.78, 5) is 17.6. The molecule has 7 nitrogen and oxygen atoms in total. The number of carbonyl (C=O) groups is 1. The number of rotatable bonds is 7. The van der Waals surface area contributed by atoms with Crippen molar-refractivity contribution in [2.75, 3.05) is 26.7 Å². The van der Waals surface area contributed by atoms with Gasteiger partial charge in [-0.3, -0.25) is 9.79 Å². The lowest BCUT2D eigenvalue weighted by molar-refractivity contribution is -0.119. The van der Waals surface area contributed by atoms with Crippen LogP contribution in [0.2, 0.25) is 0 Å². The van der Waals surface area contributed by atoms with Crippen LogP contribution in [-0.4, -0.2) is 55.6 Å². The maximum atomic E-state index is 10.8. The number of ether oxygens (including phenoxy) is 1. The van der Waals surface area contributed by atoms with Crippen LogP contribution in [0.25, 0.3) is 0 Å². The van der Waals surface area contributed by atoms with Crippen LogP contribution in [0, 0.1) is 0 Å². The van der Waals surface area contributed by atoms with Crippen molar-refractivity contribution < 1.29 is 9.53 Å². The van der Waals surface area contributed by atoms with Gasteiger partial charge in [-0.2, -0.15) is 0 Å². The molecule has 1 aliphatic heterocycles. The minimum atomic E-state index is -0.485. The number of nitrogens with two attached hydrogens (primary N) is 1. The molecule has 4 N–H and O–H groups in total. The van der Waals surface area contributed by atoms with Gasteiger partial charge in [0.1, 0.15) is 5.75 Å². The number of likely N-dealkylation sites (tertiary alicyclic amines) is 1. The van der Waals surface area contributed by atoms with E-state index in [4.69, 9.17) is 10.5 Å². The number of benzene rings is 1. The van der Waals surface area contributed by atoms with E-state index >= 15 is 0 Å². The lowest BCUT2D eigenvalue weighted by Crippen LogP contribution is -2.49. The molecule has 0 aliphatic carbocycles. The highest BCUT2D eigenvalue weighted by atomic mass is 127. The highest BCUT2D eigenvalue weighted by molar-refractivity contribution is 14.0. The van der Waals surface area contributed by atoms with Gasteiger partial charge in [-0.15, -0.1) is 24.0 Å². The molecule has 1 aromatic rings. The summed E-state index contributed by atoms with van der Waals surface area (Å²) in [5.41, 5.74) is 6.15. The van der Waals surface area contributed by atoms with E-state index in [-0.39, 0.29) is 30.6 Å². The third-order valence-electron chi connectivity index (χ3n) is 4.56. The number of primary amides is 1. The zero-order valence-corrected chi connectivity index (χ0v) is 18.7. The van der Waals surface area contributed by atoms with Gasteiger partial charge in [0.05, 0.1) is 0 Å². The van der Waals surface area contributed by atoms with E-state index in [0.717, 1.165) is 37.5 Å². The average molecular weight is 489 g/mol. The van der Waals surface area contributed by atoms with E-state index in [1.807, 2.05) is 24.3 Å². The van der Waals surface area contributed by atoms with Crippen LogP contribution in [-0.2, 0) is 11.3 Å². The topological polar surface area (TPSA) is 92.0 Å². The Hall–Kier alpha value is -1.55. The Morgan fingerprint density at radius 3 is 2.67 bits per heavy atom. The molecule has 27 heavy (non-hydrogen) atoms. The number of guanidine groups is 1. The first-order chi connectivity index (χ1) is 12.5. The summed E-state index contributed by atoms with van der Waals surface area (Å²) < 4.78 is 5.34. The number of hydrogen-bond acceptors (Lipinski definition) is 4. The summed E-state index contributed by atoms with van der Waals surface area (Å²) in [5.74, 6) is 0.949. The van der Waals surface area contributed by atoms with E-state index in [1.165, 1.54) is 0 Å². The highest BCUT2D eigenvalue weighted by Gasteiger charge is 2.21. The lowest BCUT2D eigenvalue weighted by Gasteiger charge is -2.35. The normalized spacial score (nSPS) is 15.9. The van der Waals surface area contributed by atoms with Crippen molar-refractivity contribution in [1.82, 2.24) is 15.5 Å². The van der Waals surface area contributed by atoms with Crippen molar-refractivity contribution in [3.8, 4) is 5.75 Å². The molecule has 2 rings (SSSR count). The molecule has 1 fully saturated rings. The molecule has 0 radical (unpaired) electrons. The number of aliphatic imine (C=N–C) groups is 1. The Morgan fingerprint density at radius 2 is 2.07 bits per heavy atom. The van der Waals surface area contributed by atoms with Crippen LogP contribution in [0.5, 0.6) is 5.75 Å². The summed E-state index contributed by atoms with van der Waals surface area (Å²) in [6.07, 6.45) is 2.24. The van der Waals surface area contributed by atoms with Gasteiger partial charge in [-0.1, -0.05) is 12.1 Å². The maximum absolute atomic E-state index is 10.8. The van der Waals surface area contributed by atoms with E-state index < -0.39 is 5.91 Å². The molecular weight excluding hydrogens is 457 g/mol. The summed E-state index contributed by atoms with van der Waals surface area (Å²) >= 11 is 0. The van der Waals surface area contributed by atoms with Gasteiger partial charge < -0.3 is 26.0 Å². The second-order valence-electron chi connectivity index (χ2n) is 6.88. The molecule has 1 aliphatic rings. The summed E-state index contributed by atoms with van der Waals surface area (Å²) in [6, 6.07) is 8.65. The monoisotopic (exact) mass is 489 g/mol. The molecule has 0 spiro atoms. The number of carbonyl (C=O) groups excluding carboxylic acids is 1. The maximum Gasteiger partial charge on any atom is 0.255 e. The third-order valence-corrected chi connectivity index (χ3v) is 4.56. The smallest absolute Gasteiger partial charge is 0.255 e. The second-order valence-corrected chi connectivity index (χ2v) is 6.88. The van der Waals surface area contributed by atoms with E-state index in [0.29, 0.717) is 24.4 Å². The van der Waals surface area contributed by atoms with Crippen molar-refractivity contribution >= 4 is 35.8 Å². The van der Waals surface area contributed by atoms with Gasteiger partial charge in [0.2, 0.25) is 0 Å². The van der Waals surface area contributed by atoms with Crippen LogP contribution < -0.4 is 21.1 Å². The van der Waals surface area contributed by atoms with Crippen LogP contribution in [0.1, 0.15) is 32.3 Å². The van der Waals surface area contributed by atoms with Crippen molar-refractivity contribution in [1.29, 1.82) is 0 Å². The van der Waals surface area contributed by atoms with Gasteiger partial charge in [-0.25, -0.2) is 0 Å². The molecule has 8 heteroatoms. The molecule has 1 aromatic carbocycles. The average Bonchev–Trinajstić information content (AvgIpc) is 2.64. The highest BCUT2D eigenvalue weighted by Crippen LogP contribution is 2.14. The Bertz CT molecular complexity index is 616. The van der Waals surface area contributed by atoms with E-state index in [2.05, 4.69) is 34.4 Å². The van der Waals surface area contributed by atoms with E-state index in [1.54, 1.807) is 7.05 Å².